The Morgan fingerprint density at radius 2 is 2.04 bits per heavy atom. The SMILES string of the molecule is Cn1c(N2CCO[C@H](c3ccc(C#N)cc3)C2)nc(-c2ccncn2)cc1=O. The van der Waals surface area contributed by atoms with Crippen LogP contribution < -0.4 is 10.5 Å². The molecule has 8 nitrogen and oxygen atoms in total. The van der Waals surface area contributed by atoms with Crippen molar-refractivity contribution in [3.63, 3.8) is 0 Å². The molecule has 3 aromatic rings. The zero-order valence-corrected chi connectivity index (χ0v) is 15.3. The summed E-state index contributed by atoms with van der Waals surface area (Å²) in [5, 5.41) is 8.97. The Morgan fingerprint density at radius 3 is 2.75 bits per heavy atom. The predicted molar refractivity (Wildman–Crippen MR) is 103 cm³/mol. The average Bonchev–Trinajstić information content (AvgIpc) is 2.76. The second kappa shape index (κ2) is 7.58. The summed E-state index contributed by atoms with van der Waals surface area (Å²) in [4.78, 5) is 27.3. The minimum absolute atomic E-state index is 0.153. The van der Waals surface area contributed by atoms with E-state index in [9.17, 15) is 4.79 Å². The van der Waals surface area contributed by atoms with Gasteiger partial charge in [-0.25, -0.2) is 15.0 Å². The highest BCUT2D eigenvalue weighted by Gasteiger charge is 2.25. The highest BCUT2D eigenvalue weighted by molar-refractivity contribution is 5.55. The van der Waals surface area contributed by atoms with Crippen molar-refractivity contribution in [2.75, 3.05) is 24.6 Å². The number of ether oxygens (including phenoxy) is 1. The molecule has 0 aliphatic carbocycles. The summed E-state index contributed by atoms with van der Waals surface area (Å²) in [6.07, 6.45) is 2.89. The van der Waals surface area contributed by atoms with Crippen LogP contribution in [-0.4, -0.2) is 39.2 Å². The standard InChI is InChI=1S/C20H18N6O2/c1-25-19(27)10-17(16-6-7-22-13-23-16)24-20(25)26-8-9-28-18(12-26)15-4-2-14(11-21)3-5-15/h2-7,10,13,18H,8-9,12H2,1H3/t18-/m0/s1. The molecule has 0 N–H and O–H groups in total. The van der Waals surface area contributed by atoms with E-state index in [1.165, 1.54) is 17.0 Å². The third-order valence-electron chi connectivity index (χ3n) is 4.72. The van der Waals surface area contributed by atoms with Crippen molar-refractivity contribution in [3.8, 4) is 17.5 Å². The molecule has 2 aromatic heterocycles. The number of nitriles is 1. The van der Waals surface area contributed by atoms with Gasteiger partial charge in [0.25, 0.3) is 5.56 Å². The zero-order valence-electron chi connectivity index (χ0n) is 15.3. The van der Waals surface area contributed by atoms with E-state index >= 15 is 0 Å². The molecule has 140 valence electrons. The molecule has 3 heterocycles. The lowest BCUT2D eigenvalue weighted by Gasteiger charge is -2.34. The lowest BCUT2D eigenvalue weighted by Crippen LogP contribution is -2.41. The van der Waals surface area contributed by atoms with Crippen molar-refractivity contribution in [1.29, 1.82) is 5.26 Å². The summed E-state index contributed by atoms with van der Waals surface area (Å²) < 4.78 is 7.45. The van der Waals surface area contributed by atoms with Gasteiger partial charge in [-0.1, -0.05) is 12.1 Å². The van der Waals surface area contributed by atoms with Gasteiger partial charge in [0.05, 0.1) is 36.2 Å². The fourth-order valence-corrected chi connectivity index (χ4v) is 3.19. The molecule has 0 saturated carbocycles. The van der Waals surface area contributed by atoms with Gasteiger partial charge < -0.3 is 9.64 Å². The third-order valence-corrected chi connectivity index (χ3v) is 4.72. The molecule has 0 amide bonds. The molecule has 8 heteroatoms. The van der Waals surface area contributed by atoms with E-state index in [2.05, 4.69) is 21.0 Å². The summed E-state index contributed by atoms with van der Waals surface area (Å²) in [6, 6.07) is 12.7. The van der Waals surface area contributed by atoms with Gasteiger partial charge in [0, 0.05) is 25.9 Å². The van der Waals surface area contributed by atoms with Gasteiger partial charge in [0.2, 0.25) is 5.95 Å². The van der Waals surface area contributed by atoms with E-state index in [0.717, 1.165) is 5.56 Å². The van der Waals surface area contributed by atoms with Crippen LogP contribution in [0, 0.1) is 11.3 Å². The van der Waals surface area contributed by atoms with Crippen molar-refractivity contribution < 1.29 is 4.74 Å². The highest BCUT2D eigenvalue weighted by atomic mass is 16.5. The lowest BCUT2D eigenvalue weighted by molar-refractivity contribution is 0.0390. The molecular weight excluding hydrogens is 356 g/mol. The molecule has 1 fully saturated rings. The number of rotatable bonds is 3. The first-order chi connectivity index (χ1) is 13.7. The van der Waals surface area contributed by atoms with Gasteiger partial charge in [-0.3, -0.25) is 9.36 Å². The molecule has 1 aromatic carbocycles. The summed E-state index contributed by atoms with van der Waals surface area (Å²) in [5.74, 6) is 0.572. The number of hydrogen-bond acceptors (Lipinski definition) is 7. The summed E-state index contributed by atoms with van der Waals surface area (Å²) in [7, 11) is 1.71. The van der Waals surface area contributed by atoms with Gasteiger partial charge >= 0.3 is 0 Å². The number of aromatic nitrogens is 4. The number of morpholine rings is 1. The largest absolute Gasteiger partial charge is 0.370 e. The Balaban J connectivity index is 1.65. The van der Waals surface area contributed by atoms with Crippen LogP contribution in [0.15, 0.2) is 53.7 Å². The van der Waals surface area contributed by atoms with E-state index in [1.54, 1.807) is 31.4 Å². The Bertz CT molecular complexity index is 1070. The molecule has 0 radical (unpaired) electrons. The first-order valence-corrected chi connectivity index (χ1v) is 8.87. The third kappa shape index (κ3) is 3.48. The molecule has 0 spiro atoms. The maximum atomic E-state index is 12.5. The predicted octanol–water partition coefficient (Wildman–Crippen LogP) is 1.69. The van der Waals surface area contributed by atoms with E-state index in [0.29, 0.717) is 42.6 Å². The van der Waals surface area contributed by atoms with Crippen LogP contribution in [-0.2, 0) is 11.8 Å². The normalized spacial score (nSPS) is 16.6. The Kier molecular flexibility index (Phi) is 4.83. The van der Waals surface area contributed by atoms with Crippen molar-refractivity contribution in [2.24, 2.45) is 7.05 Å². The number of benzene rings is 1. The smallest absolute Gasteiger partial charge is 0.255 e. The molecule has 0 unspecified atom stereocenters. The fourth-order valence-electron chi connectivity index (χ4n) is 3.19. The minimum atomic E-state index is -0.166. The van der Waals surface area contributed by atoms with Gasteiger partial charge in [-0.2, -0.15) is 5.26 Å². The molecule has 1 aliphatic rings. The summed E-state index contributed by atoms with van der Waals surface area (Å²) >= 11 is 0. The van der Waals surface area contributed by atoms with Gasteiger partial charge in [-0.05, 0) is 23.8 Å². The van der Waals surface area contributed by atoms with E-state index in [1.807, 2.05) is 17.0 Å². The van der Waals surface area contributed by atoms with Crippen molar-refractivity contribution in [3.05, 3.63) is 70.4 Å². The maximum absolute atomic E-state index is 12.5. The summed E-state index contributed by atoms with van der Waals surface area (Å²) in [5.41, 5.74) is 2.56. The second-order valence-electron chi connectivity index (χ2n) is 6.47. The van der Waals surface area contributed by atoms with Gasteiger partial charge in [0.1, 0.15) is 12.4 Å². The second-order valence-corrected chi connectivity index (χ2v) is 6.47. The maximum Gasteiger partial charge on any atom is 0.255 e. The molecule has 0 bridgehead atoms. The topological polar surface area (TPSA) is 96.9 Å². The van der Waals surface area contributed by atoms with Crippen LogP contribution in [0.4, 0.5) is 5.95 Å². The lowest BCUT2D eigenvalue weighted by atomic mass is 10.1. The van der Waals surface area contributed by atoms with E-state index < -0.39 is 0 Å². The molecule has 28 heavy (non-hydrogen) atoms. The van der Waals surface area contributed by atoms with Crippen molar-refractivity contribution in [1.82, 2.24) is 19.5 Å². The molecular formula is C20H18N6O2. The van der Waals surface area contributed by atoms with Crippen LogP contribution in [0.5, 0.6) is 0 Å². The minimum Gasteiger partial charge on any atom is -0.370 e. The first-order valence-electron chi connectivity index (χ1n) is 8.87. The van der Waals surface area contributed by atoms with E-state index in [-0.39, 0.29) is 11.7 Å². The van der Waals surface area contributed by atoms with Crippen molar-refractivity contribution >= 4 is 5.95 Å². The zero-order chi connectivity index (χ0) is 19.5. The molecule has 4 rings (SSSR count). The van der Waals surface area contributed by atoms with Crippen LogP contribution >= 0.6 is 0 Å². The van der Waals surface area contributed by atoms with Crippen LogP contribution in [0.25, 0.3) is 11.4 Å². The number of anilines is 1. The van der Waals surface area contributed by atoms with Gasteiger partial charge in [0.15, 0.2) is 0 Å². The molecule has 1 atom stereocenters. The monoisotopic (exact) mass is 374 g/mol. The molecule has 1 aliphatic heterocycles. The fraction of sp³-hybridized carbons (Fsp3) is 0.250. The first kappa shape index (κ1) is 17.8. The van der Waals surface area contributed by atoms with Crippen LogP contribution in [0.2, 0.25) is 0 Å². The Hall–Kier alpha value is -3.57. The Labute approximate surface area is 161 Å². The van der Waals surface area contributed by atoms with Gasteiger partial charge in [-0.15, -0.1) is 0 Å². The van der Waals surface area contributed by atoms with E-state index in [4.69, 9.17) is 10.00 Å². The average molecular weight is 374 g/mol. The quantitative estimate of drug-likeness (QED) is 0.688. The highest BCUT2D eigenvalue weighted by Crippen LogP contribution is 2.26. The van der Waals surface area contributed by atoms with Crippen LogP contribution in [0.1, 0.15) is 17.2 Å². The Morgan fingerprint density at radius 1 is 1.21 bits per heavy atom. The summed E-state index contributed by atoms with van der Waals surface area (Å²) in [6.45, 7) is 1.69. The van der Waals surface area contributed by atoms with Crippen LogP contribution in [0.3, 0.4) is 0 Å². The number of nitrogens with zero attached hydrogens (tertiary/aromatic N) is 6. The number of hydrogen-bond donors (Lipinski definition) is 0. The molecule has 1 saturated heterocycles. The van der Waals surface area contributed by atoms with Crippen molar-refractivity contribution in [2.45, 2.75) is 6.10 Å².